The molecule has 0 aliphatic rings. The van der Waals surface area contributed by atoms with Crippen molar-refractivity contribution in [2.75, 3.05) is 13.1 Å². The first-order valence-electron chi connectivity index (χ1n) is 7.41. The van der Waals surface area contributed by atoms with Crippen molar-refractivity contribution in [3.8, 4) is 5.75 Å². The van der Waals surface area contributed by atoms with Gasteiger partial charge in [-0.05, 0) is 43.1 Å². The second-order valence-corrected chi connectivity index (χ2v) is 5.53. The van der Waals surface area contributed by atoms with Gasteiger partial charge in [0.1, 0.15) is 11.9 Å². The van der Waals surface area contributed by atoms with Crippen molar-refractivity contribution in [1.29, 1.82) is 0 Å². The van der Waals surface area contributed by atoms with E-state index < -0.39 is 0 Å². The zero-order chi connectivity index (χ0) is 14.4. The standard InChI is InChI=1S/C17H24N2O/c1-4-14(12-18-11-13(2)3)20-17-9-5-8-16-15(17)7-6-10-19-16/h5-10,13-14,18H,4,11-12H2,1-3H3. The molecular formula is C17H24N2O. The Labute approximate surface area is 121 Å². The van der Waals surface area contributed by atoms with Crippen molar-refractivity contribution < 1.29 is 4.74 Å². The van der Waals surface area contributed by atoms with Gasteiger partial charge in [0.2, 0.25) is 0 Å². The zero-order valence-corrected chi connectivity index (χ0v) is 12.6. The molecule has 0 radical (unpaired) electrons. The fourth-order valence-electron chi connectivity index (χ4n) is 2.16. The van der Waals surface area contributed by atoms with Crippen molar-refractivity contribution in [3.63, 3.8) is 0 Å². The molecule has 3 nitrogen and oxygen atoms in total. The number of nitrogens with one attached hydrogen (secondary N) is 1. The van der Waals surface area contributed by atoms with E-state index in [9.17, 15) is 0 Å². The highest BCUT2D eigenvalue weighted by Crippen LogP contribution is 2.25. The summed E-state index contributed by atoms with van der Waals surface area (Å²) in [5.41, 5.74) is 0.981. The van der Waals surface area contributed by atoms with Crippen LogP contribution in [-0.4, -0.2) is 24.2 Å². The van der Waals surface area contributed by atoms with E-state index in [2.05, 4.69) is 37.1 Å². The second kappa shape index (κ2) is 7.25. The third-order valence-corrected chi connectivity index (χ3v) is 3.28. The van der Waals surface area contributed by atoms with Crippen LogP contribution in [0, 0.1) is 5.92 Å². The van der Waals surface area contributed by atoms with E-state index in [0.717, 1.165) is 36.2 Å². The minimum atomic E-state index is 0.194. The highest BCUT2D eigenvalue weighted by molar-refractivity contribution is 5.84. The van der Waals surface area contributed by atoms with E-state index in [1.807, 2.05) is 30.5 Å². The normalized spacial score (nSPS) is 12.8. The number of pyridine rings is 1. The summed E-state index contributed by atoms with van der Waals surface area (Å²) in [7, 11) is 0. The molecule has 0 saturated heterocycles. The summed E-state index contributed by atoms with van der Waals surface area (Å²) in [5.74, 6) is 1.59. The first kappa shape index (κ1) is 14.8. The molecule has 108 valence electrons. The average Bonchev–Trinajstić information content (AvgIpc) is 2.46. The van der Waals surface area contributed by atoms with Gasteiger partial charge in [0, 0.05) is 18.1 Å². The Hall–Kier alpha value is -1.61. The third-order valence-electron chi connectivity index (χ3n) is 3.28. The molecule has 0 saturated carbocycles. The summed E-state index contributed by atoms with van der Waals surface area (Å²) in [6.45, 7) is 8.49. The summed E-state index contributed by atoms with van der Waals surface area (Å²) in [6, 6.07) is 10.0. The molecule has 0 amide bonds. The predicted molar refractivity (Wildman–Crippen MR) is 84.2 cm³/mol. The summed E-state index contributed by atoms with van der Waals surface area (Å²) in [4.78, 5) is 4.36. The van der Waals surface area contributed by atoms with Crippen LogP contribution in [0.15, 0.2) is 36.5 Å². The Balaban J connectivity index is 2.05. The largest absolute Gasteiger partial charge is 0.488 e. The Bertz CT molecular complexity index is 534. The minimum absolute atomic E-state index is 0.194. The van der Waals surface area contributed by atoms with Crippen LogP contribution in [0.3, 0.4) is 0 Å². The third kappa shape index (κ3) is 3.94. The van der Waals surface area contributed by atoms with Crippen LogP contribution in [0.2, 0.25) is 0 Å². The highest BCUT2D eigenvalue weighted by Gasteiger charge is 2.10. The molecule has 20 heavy (non-hydrogen) atoms. The van der Waals surface area contributed by atoms with E-state index in [0.29, 0.717) is 5.92 Å². The number of aromatic nitrogens is 1. The Morgan fingerprint density at radius 2 is 2.00 bits per heavy atom. The smallest absolute Gasteiger partial charge is 0.129 e. The number of benzene rings is 1. The number of ether oxygens (including phenoxy) is 1. The molecule has 1 heterocycles. The molecule has 1 aromatic carbocycles. The first-order valence-corrected chi connectivity index (χ1v) is 7.41. The fraction of sp³-hybridized carbons (Fsp3) is 0.471. The Morgan fingerprint density at radius 1 is 1.15 bits per heavy atom. The SMILES string of the molecule is CCC(CNCC(C)C)Oc1cccc2ncccc12. The van der Waals surface area contributed by atoms with E-state index in [1.165, 1.54) is 0 Å². The lowest BCUT2D eigenvalue weighted by molar-refractivity contribution is 0.194. The Kier molecular flexibility index (Phi) is 5.36. The van der Waals surface area contributed by atoms with Gasteiger partial charge in [-0.2, -0.15) is 0 Å². The lowest BCUT2D eigenvalue weighted by Gasteiger charge is -2.20. The van der Waals surface area contributed by atoms with E-state index in [4.69, 9.17) is 4.74 Å². The van der Waals surface area contributed by atoms with Gasteiger partial charge in [0.15, 0.2) is 0 Å². The van der Waals surface area contributed by atoms with Gasteiger partial charge in [0.05, 0.1) is 5.52 Å². The topological polar surface area (TPSA) is 34.1 Å². The predicted octanol–water partition coefficient (Wildman–Crippen LogP) is 3.64. The molecule has 0 spiro atoms. The van der Waals surface area contributed by atoms with E-state index >= 15 is 0 Å². The first-order chi connectivity index (χ1) is 9.70. The maximum atomic E-state index is 6.16. The van der Waals surface area contributed by atoms with Crippen LogP contribution in [0.4, 0.5) is 0 Å². The number of rotatable bonds is 7. The van der Waals surface area contributed by atoms with Gasteiger partial charge in [0.25, 0.3) is 0 Å². The number of fused-ring (bicyclic) bond motifs is 1. The fourth-order valence-corrected chi connectivity index (χ4v) is 2.16. The average molecular weight is 272 g/mol. The van der Waals surface area contributed by atoms with Crippen LogP contribution in [-0.2, 0) is 0 Å². The number of hydrogen-bond donors (Lipinski definition) is 1. The van der Waals surface area contributed by atoms with Crippen molar-refractivity contribution in [2.24, 2.45) is 5.92 Å². The van der Waals surface area contributed by atoms with Crippen molar-refractivity contribution in [3.05, 3.63) is 36.5 Å². The Morgan fingerprint density at radius 3 is 2.75 bits per heavy atom. The van der Waals surface area contributed by atoms with Gasteiger partial charge in [-0.1, -0.05) is 26.8 Å². The molecule has 0 aliphatic carbocycles. The minimum Gasteiger partial charge on any atom is -0.488 e. The van der Waals surface area contributed by atoms with Gasteiger partial charge >= 0.3 is 0 Å². The van der Waals surface area contributed by atoms with Crippen LogP contribution < -0.4 is 10.1 Å². The molecule has 0 bridgehead atoms. The van der Waals surface area contributed by atoms with Crippen molar-refractivity contribution in [2.45, 2.75) is 33.3 Å². The van der Waals surface area contributed by atoms with E-state index in [1.54, 1.807) is 0 Å². The molecule has 2 aromatic rings. The quantitative estimate of drug-likeness (QED) is 0.835. The molecule has 2 rings (SSSR count). The number of nitrogens with zero attached hydrogens (tertiary/aromatic N) is 1. The zero-order valence-electron chi connectivity index (χ0n) is 12.6. The maximum Gasteiger partial charge on any atom is 0.129 e. The molecular weight excluding hydrogens is 248 g/mol. The van der Waals surface area contributed by atoms with Gasteiger partial charge in [-0.3, -0.25) is 4.98 Å². The van der Waals surface area contributed by atoms with Crippen LogP contribution >= 0.6 is 0 Å². The molecule has 1 aromatic heterocycles. The van der Waals surface area contributed by atoms with Crippen LogP contribution in [0.5, 0.6) is 5.75 Å². The van der Waals surface area contributed by atoms with Crippen LogP contribution in [0.1, 0.15) is 27.2 Å². The highest BCUT2D eigenvalue weighted by atomic mass is 16.5. The monoisotopic (exact) mass is 272 g/mol. The van der Waals surface area contributed by atoms with Gasteiger partial charge < -0.3 is 10.1 Å². The summed E-state index contributed by atoms with van der Waals surface area (Å²) in [6.07, 6.45) is 2.99. The molecule has 0 fully saturated rings. The number of hydrogen-bond acceptors (Lipinski definition) is 3. The van der Waals surface area contributed by atoms with E-state index in [-0.39, 0.29) is 6.10 Å². The summed E-state index contributed by atoms with van der Waals surface area (Å²) >= 11 is 0. The molecule has 0 aliphatic heterocycles. The van der Waals surface area contributed by atoms with Crippen molar-refractivity contribution in [1.82, 2.24) is 10.3 Å². The maximum absolute atomic E-state index is 6.16. The van der Waals surface area contributed by atoms with Crippen molar-refractivity contribution >= 4 is 10.9 Å². The molecule has 3 heteroatoms. The van der Waals surface area contributed by atoms with Gasteiger partial charge in [-0.15, -0.1) is 0 Å². The lowest BCUT2D eigenvalue weighted by Crippen LogP contribution is -2.33. The molecule has 1 atom stereocenters. The summed E-state index contributed by atoms with van der Waals surface area (Å²) in [5, 5.41) is 4.54. The lowest BCUT2D eigenvalue weighted by atomic mass is 10.2. The second-order valence-electron chi connectivity index (χ2n) is 5.53. The molecule has 1 N–H and O–H groups in total. The molecule has 1 unspecified atom stereocenters. The van der Waals surface area contributed by atoms with Crippen LogP contribution in [0.25, 0.3) is 10.9 Å². The summed E-state index contributed by atoms with van der Waals surface area (Å²) < 4.78 is 6.16. The van der Waals surface area contributed by atoms with Gasteiger partial charge in [-0.25, -0.2) is 0 Å².